The Morgan fingerprint density at radius 2 is 1.70 bits per heavy atom. The molecule has 1 N–H and O–H groups in total. The molecule has 7 nitrogen and oxygen atoms in total. The number of likely N-dealkylation sites (tertiary alicyclic amines) is 1. The second-order valence-electron chi connectivity index (χ2n) is 11.8. The molecule has 0 aromatic heterocycles. The number of piperazine rings is 1. The van der Waals surface area contributed by atoms with Crippen LogP contribution in [0.1, 0.15) is 62.5 Å². The average molecular weight is 504 g/mol. The summed E-state index contributed by atoms with van der Waals surface area (Å²) >= 11 is 0. The molecule has 4 aliphatic heterocycles. The van der Waals surface area contributed by atoms with Crippen LogP contribution < -0.4 is 0 Å². The van der Waals surface area contributed by atoms with Crippen LogP contribution >= 0.6 is 0 Å². The lowest BCUT2D eigenvalue weighted by Crippen LogP contribution is -2.52. The van der Waals surface area contributed by atoms with Crippen LogP contribution in [0.5, 0.6) is 0 Å². The standard InChI is InChI=1S/C30H41N5O2/c1-21(2)34-11-3-4-24(19-34)22-5-7-23(8-6-22)26-18-29-28(9-10-31-35(29)20-26)32-12-14-33(15-13-32)30(37)25-16-27(36)17-25/h5-10,18,21,24-27,36H,3-4,11-17,19-20H2,1-2H3/t24?,25-,26?,27-. The molecule has 2 atom stereocenters. The summed E-state index contributed by atoms with van der Waals surface area (Å²) in [5.74, 6) is 1.21. The van der Waals surface area contributed by atoms with Crippen molar-refractivity contribution >= 4 is 12.1 Å². The van der Waals surface area contributed by atoms with Gasteiger partial charge >= 0.3 is 0 Å². The second-order valence-corrected chi connectivity index (χ2v) is 11.8. The van der Waals surface area contributed by atoms with E-state index in [0.717, 1.165) is 32.7 Å². The third-order valence-electron chi connectivity index (χ3n) is 9.12. The van der Waals surface area contributed by atoms with Crippen LogP contribution in [-0.4, -0.2) is 94.9 Å². The van der Waals surface area contributed by atoms with Gasteiger partial charge in [-0.3, -0.25) is 9.80 Å². The smallest absolute Gasteiger partial charge is 0.226 e. The topological polar surface area (TPSA) is 62.6 Å². The van der Waals surface area contributed by atoms with E-state index in [4.69, 9.17) is 0 Å². The number of carbonyl (C=O) groups excluding carboxylic acids is 1. The first kappa shape index (κ1) is 24.7. The molecule has 7 heteroatoms. The SMILES string of the molecule is CC(C)N1CCCC(c2ccc(C3C=C4C(N5CCN(C(=O)[C@H]6C[C@H](O)C6)CC5)=CC=NN4C3)cc2)C1. The Balaban J connectivity index is 1.09. The van der Waals surface area contributed by atoms with Gasteiger partial charge in [-0.15, -0.1) is 0 Å². The maximum Gasteiger partial charge on any atom is 0.226 e. The summed E-state index contributed by atoms with van der Waals surface area (Å²) in [5.41, 5.74) is 5.24. The highest BCUT2D eigenvalue weighted by atomic mass is 16.3. The van der Waals surface area contributed by atoms with Crippen molar-refractivity contribution in [3.8, 4) is 0 Å². The Morgan fingerprint density at radius 1 is 0.973 bits per heavy atom. The van der Waals surface area contributed by atoms with Gasteiger partial charge in [0.25, 0.3) is 0 Å². The Labute approximate surface area is 221 Å². The van der Waals surface area contributed by atoms with Crippen LogP contribution in [0.3, 0.4) is 0 Å². The maximum absolute atomic E-state index is 12.7. The minimum Gasteiger partial charge on any atom is -0.393 e. The zero-order valence-electron chi connectivity index (χ0n) is 22.3. The molecule has 6 rings (SSSR count). The van der Waals surface area contributed by atoms with Gasteiger partial charge in [-0.05, 0) is 75.3 Å². The first-order valence-electron chi connectivity index (χ1n) is 14.3. The Bertz CT molecular complexity index is 1080. The predicted molar refractivity (Wildman–Crippen MR) is 146 cm³/mol. The van der Waals surface area contributed by atoms with Gasteiger partial charge in [-0.25, -0.2) is 0 Å². The molecule has 1 aliphatic carbocycles. The molecule has 0 radical (unpaired) electrons. The number of nitrogens with zero attached hydrogens (tertiary/aromatic N) is 5. The molecule has 1 saturated carbocycles. The number of hydrazone groups is 1. The fourth-order valence-electron chi connectivity index (χ4n) is 6.66. The summed E-state index contributed by atoms with van der Waals surface area (Å²) in [7, 11) is 0. The summed E-state index contributed by atoms with van der Waals surface area (Å²) in [5, 5.41) is 16.4. The molecular formula is C30H41N5O2. The fourth-order valence-corrected chi connectivity index (χ4v) is 6.66. The van der Waals surface area contributed by atoms with Crippen molar-refractivity contribution in [3.63, 3.8) is 0 Å². The molecule has 5 aliphatic rings. The van der Waals surface area contributed by atoms with E-state index in [1.165, 1.54) is 48.5 Å². The number of amides is 1. The van der Waals surface area contributed by atoms with Crippen molar-refractivity contribution < 1.29 is 9.90 Å². The van der Waals surface area contributed by atoms with E-state index in [1.807, 2.05) is 11.1 Å². The Hall–Kier alpha value is -2.64. The first-order chi connectivity index (χ1) is 18.0. The minimum absolute atomic E-state index is 0.0232. The number of allylic oxidation sites excluding steroid dienone is 1. The van der Waals surface area contributed by atoms with E-state index < -0.39 is 0 Å². The lowest BCUT2D eigenvalue weighted by Gasteiger charge is -2.41. The zero-order chi connectivity index (χ0) is 25.5. The van der Waals surface area contributed by atoms with E-state index in [-0.39, 0.29) is 17.9 Å². The highest BCUT2D eigenvalue weighted by Gasteiger charge is 2.38. The number of carbonyl (C=O) groups is 1. The number of piperidine rings is 1. The molecule has 0 spiro atoms. The van der Waals surface area contributed by atoms with Gasteiger partial charge in [0.1, 0.15) is 0 Å². The normalized spacial score (nSPS) is 30.2. The molecule has 1 amide bonds. The van der Waals surface area contributed by atoms with Gasteiger partial charge in [0.15, 0.2) is 0 Å². The number of fused-ring (bicyclic) bond motifs is 1. The molecule has 1 aromatic carbocycles. The zero-order valence-corrected chi connectivity index (χ0v) is 22.3. The lowest BCUT2D eigenvalue weighted by atomic mass is 9.81. The van der Waals surface area contributed by atoms with Gasteiger partial charge in [-0.2, -0.15) is 5.10 Å². The van der Waals surface area contributed by atoms with Crippen LogP contribution in [0, 0.1) is 5.92 Å². The van der Waals surface area contributed by atoms with Gasteiger partial charge < -0.3 is 19.8 Å². The molecule has 1 aromatic rings. The van der Waals surface area contributed by atoms with Crippen LogP contribution in [0.25, 0.3) is 0 Å². The highest BCUT2D eigenvalue weighted by molar-refractivity contribution is 5.80. The summed E-state index contributed by atoms with van der Waals surface area (Å²) in [4.78, 5) is 19.7. The second kappa shape index (κ2) is 10.3. The van der Waals surface area contributed by atoms with Gasteiger partial charge in [0, 0.05) is 56.8 Å². The number of rotatable bonds is 5. The molecular weight excluding hydrogens is 462 g/mol. The number of benzene rings is 1. The Kier molecular flexibility index (Phi) is 6.84. The summed E-state index contributed by atoms with van der Waals surface area (Å²) in [6.45, 7) is 11.0. The Morgan fingerprint density at radius 3 is 2.41 bits per heavy atom. The van der Waals surface area contributed by atoms with E-state index in [1.54, 1.807) is 0 Å². The van der Waals surface area contributed by atoms with Crippen LogP contribution in [0.4, 0.5) is 0 Å². The predicted octanol–water partition coefficient (Wildman–Crippen LogP) is 3.36. The number of aliphatic hydroxyl groups excluding tert-OH is 1. The fraction of sp³-hybridized carbons (Fsp3) is 0.600. The van der Waals surface area contributed by atoms with Crippen molar-refractivity contribution in [2.24, 2.45) is 11.0 Å². The summed E-state index contributed by atoms with van der Waals surface area (Å²) in [6, 6.07) is 10.00. The third kappa shape index (κ3) is 4.96. The van der Waals surface area contributed by atoms with Crippen molar-refractivity contribution in [2.45, 2.75) is 63.5 Å². The van der Waals surface area contributed by atoms with E-state index in [9.17, 15) is 9.90 Å². The van der Waals surface area contributed by atoms with E-state index in [2.05, 4.69) is 70.2 Å². The van der Waals surface area contributed by atoms with Crippen LogP contribution in [-0.2, 0) is 4.79 Å². The molecule has 3 fully saturated rings. The number of hydrogen-bond acceptors (Lipinski definition) is 6. The van der Waals surface area contributed by atoms with E-state index >= 15 is 0 Å². The van der Waals surface area contributed by atoms with Gasteiger partial charge in [-0.1, -0.05) is 24.3 Å². The first-order valence-corrected chi connectivity index (χ1v) is 14.3. The van der Waals surface area contributed by atoms with Crippen molar-refractivity contribution in [1.82, 2.24) is 19.7 Å². The largest absolute Gasteiger partial charge is 0.393 e. The summed E-state index contributed by atoms with van der Waals surface area (Å²) in [6.07, 6.45) is 9.96. The minimum atomic E-state index is -0.283. The van der Waals surface area contributed by atoms with E-state index in [0.29, 0.717) is 30.7 Å². The van der Waals surface area contributed by atoms with Gasteiger partial charge in [0.2, 0.25) is 5.91 Å². The lowest BCUT2D eigenvalue weighted by molar-refractivity contribution is -0.143. The quantitative estimate of drug-likeness (QED) is 0.668. The van der Waals surface area contributed by atoms with Gasteiger partial charge in [0.05, 0.1) is 24.0 Å². The number of hydrogen-bond donors (Lipinski definition) is 1. The van der Waals surface area contributed by atoms with Crippen molar-refractivity contribution in [1.29, 1.82) is 0 Å². The molecule has 0 bridgehead atoms. The molecule has 2 unspecified atom stereocenters. The molecule has 37 heavy (non-hydrogen) atoms. The highest BCUT2D eigenvalue weighted by Crippen LogP contribution is 2.37. The van der Waals surface area contributed by atoms with Crippen LogP contribution in [0.15, 0.2) is 52.9 Å². The maximum atomic E-state index is 12.7. The molecule has 198 valence electrons. The third-order valence-corrected chi connectivity index (χ3v) is 9.12. The van der Waals surface area contributed by atoms with Crippen LogP contribution in [0.2, 0.25) is 0 Å². The molecule has 2 saturated heterocycles. The van der Waals surface area contributed by atoms with Crippen molar-refractivity contribution in [3.05, 3.63) is 58.9 Å². The average Bonchev–Trinajstić information content (AvgIpc) is 3.36. The van der Waals surface area contributed by atoms with Crippen molar-refractivity contribution in [2.75, 3.05) is 45.8 Å². The summed E-state index contributed by atoms with van der Waals surface area (Å²) < 4.78 is 0. The monoisotopic (exact) mass is 503 g/mol. The number of aliphatic hydroxyl groups is 1. The molecule has 4 heterocycles.